The van der Waals surface area contributed by atoms with Crippen molar-refractivity contribution in [3.8, 4) is 5.75 Å². The first-order valence-electron chi connectivity index (χ1n) is 4.96. The fourth-order valence-corrected chi connectivity index (χ4v) is 1.30. The van der Waals surface area contributed by atoms with Crippen LogP contribution in [0.1, 0.15) is 10.5 Å². The molecule has 0 saturated heterocycles. The average Bonchev–Trinajstić information content (AvgIpc) is 2.26. The van der Waals surface area contributed by atoms with Crippen LogP contribution in [-0.4, -0.2) is 51.9 Å². The van der Waals surface area contributed by atoms with Crippen molar-refractivity contribution in [2.75, 3.05) is 19.7 Å². The molecule has 1 aromatic heterocycles. The molecule has 100 valence electrons. The maximum Gasteiger partial charge on any atom is 0.406 e. The van der Waals surface area contributed by atoms with Gasteiger partial charge >= 0.3 is 6.18 Å². The average molecular weight is 264 g/mol. The fraction of sp³-hybridized carbons (Fsp3) is 0.400. The summed E-state index contributed by atoms with van der Waals surface area (Å²) in [5.41, 5.74) is -0.477. The van der Waals surface area contributed by atoms with Crippen LogP contribution < -0.4 is 0 Å². The lowest BCUT2D eigenvalue weighted by Crippen LogP contribution is -2.41. The molecule has 0 fully saturated rings. The normalized spacial score (nSPS) is 11.3. The minimum Gasteiger partial charge on any atom is -0.505 e. The molecule has 1 heterocycles. The minimum atomic E-state index is -4.59. The van der Waals surface area contributed by atoms with Gasteiger partial charge in [0.1, 0.15) is 12.3 Å². The number of hydrogen-bond donors (Lipinski definition) is 2. The number of rotatable bonds is 4. The second-order valence-corrected chi connectivity index (χ2v) is 3.44. The summed E-state index contributed by atoms with van der Waals surface area (Å²) in [6.07, 6.45) is -3.41. The number of nitrogens with zero attached hydrogens (tertiary/aromatic N) is 2. The van der Waals surface area contributed by atoms with E-state index in [1.807, 2.05) is 0 Å². The zero-order valence-corrected chi connectivity index (χ0v) is 9.18. The van der Waals surface area contributed by atoms with Crippen molar-refractivity contribution >= 4 is 5.91 Å². The molecule has 0 aromatic carbocycles. The zero-order valence-electron chi connectivity index (χ0n) is 9.18. The summed E-state index contributed by atoms with van der Waals surface area (Å²) in [4.78, 5) is 15.6. The molecule has 18 heavy (non-hydrogen) atoms. The van der Waals surface area contributed by atoms with E-state index in [1.165, 1.54) is 12.3 Å². The van der Waals surface area contributed by atoms with Crippen LogP contribution >= 0.6 is 0 Å². The number of aliphatic hydroxyl groups excluding tert-OH is 1. The van der Waals surface area contributed by atoms with E-state index < -0.39 is 43.2 Å². The minimum absolute atomic E-state index is 0.377. The van der Waals surface area contributed by atoms with Crippen molar-refractivity contribution in [2.45, 2.75) is 6.18 Å². The van der Waals surface area contributed by atoms with Crippen LogP contribution in [0.2, 0.25) is 0 Å². The van der Waals surface area contributed by atoms with E-state index in [0.717, 1.165) is 6.07 Å². The van der Waals surface area contributed by atoms with Gasteiger partial charge in [0.25, 0.3) is 5.91 Å². The molecule has 1 aromatic rings. The standard InChI is InChI=1S/C10H11F3N2O3/c11-10(12,13)6-15(4-5-16)9(18)8-7(17)2-1-3-14-8/h1-3,16-17H,4-6H2. The van der Waals surface area contributed by atoms with Crippen LogP contribution in [0.25, 0.3) is 0 Å². The Morgan fingerprint density at radius 2 is 2.11 bits per heavy atom. The highest BCUT2D eigenvalue weighted by Gasteiger charge is 2.34. The smallest absolute Gasteiger partial charge is 0.406 e. The number of aromatic nitrogens is 1. The van der Waals surface area contributed by atoms with Gasteiger partial charge in [-0.25, -0.2) is 4.98 Å². The van der Waals surface area contributed by atoms with Gasteiger partial charge in [0.15, 0.2) is 5.69 Å². The fourth-order valence-electron chi connectivity index (χ4n) is 1.30. The summed E-state index contributed by atoms with van der Waals surface area (Å²) in [6.45, 7) is -2.62. The van der Waals surface area contributed by atoms with Gasteiger partial charge in [0.2, 0.25) is 0 Å². The maximum absolute atomic E-state index is 12.2. The highest BCUT2D eigenvalue weighted by atomic mass is 19.4. The van der Waals surface area contributed by atoms with Crippen LogP contribution in [0, 0.1) is 0 Å². The molecule has 0 aliphatic heterocycles. The van der Waals surface area contributed by atoms with Gasteiger partial charge in [-0.2, -0.15) is 13.2 Å². The lowest BCUT2D eigenvalue weighted by Gasteiger charge is -2.22. The molecule has 0 saturated carbocycles. The Morgan fingerprint density at radius 1 is 1.44 bits per heavy atom. The predicted molar refractivity (Wildman–Crippen MR) is 54.9 cm³/mol. The van der Waals surface area contributed by atoms with E-state index in [-0.39, 0.29) is 0 Å². The van der Waals surface area contributed by atoms with Crippen LogP contribution in [-0.2, 0) is 0 Å². The Bertz CT molecular complexity index is 423. The number of pyridine rings is 1. The zero-order chi connectivity index (χ0) is 13.8. The first-order chi connectivity index (χ1) is 8.35. The van der Waals surface area contributed by atoms with Gasteiger partial charge < -0.3 is 15.1 Å². The summed E-state index contributed by atoms with van der Waals surface area (Å²) >= 11 is 0. The number of alkyl halides is 3. The summed E-state index contributed by atoms with van der Waals surface area (Å²) in [7, 11) is 0. The SMILES string of the molecule is O=C(c1ncccc1O)N(CCO)CC(F)(F)F. The molecule has 5 nitrogen and oxygen atoms in total. The van der Waals surface area contributed by atoms with E-state index in [2.05, 4.69) is 4.98 Å². The molecule has 0 aliphatic carbocycles. The van der Waals surface area contributed by atoms with E-state index in [9.17, 15) is 23.1 Å². The third-order valence-electron chi connectivity index (χ3n) is 2.02. The Balaban J connectivity index is 2.93. The molecule has 0 spiro atoms. The van der Waals surface area contributed by atoms with Gasteiger partial charge in [-0.1, -0.05) is 0 Å². The van der Waals surface area contributed by atoms with Crippen molar-refractivity contribution in [3.63, 3.8) is 0 Å². The highest BCUT2D eigenvalue weighted by Crippen LogP contribution is 2.20. The van der Waals surface area contributed by atoms with Crippen molar-refractivity contribution in [1.82, 2.24) is 9.88 Å². The molecule has 0 radical (unpaired) electrons. The maximum atomic E-state index is 12.2. The first kappa shape index (κ1) is 14.2. The predicted octanol–water partition coefficient (Wildman–Crippen LogP) is 0.784. The second-order valence-electron chi connectivity index (χ2n) is 3.44. The van der Waals surface area contributed by atoms with Gasteiger partial charge in [0.05, 0.1) is 6.61 Å². The number of hydrogen-bond acceptors (Lipinski definition) is 4. The number of carbonyl (C=O) groups excluding carboxylic acids is 1. The van der Waals surface area contributed by atoms with Gasteiger partial charge in [0, 0.05) is 12.7 Å². The van der Waals surface area contributed by atoms with Crippen molar-refractivity contribution in [1.29, 1.82) is 0 Å². The molecule has 0 unspecified atom stereocenters. The lowest BCUT2D eigenvalue weighted by molar-refractivity contribution is -0.141. The van der Waals surface area contributed by atoms with E-state index in [0.29, 0.717) is 4.90 Å². The number of halogens is 3. The van der Waals surface area contributed by atoms with Gasteiger partial charge in [-0.05, 0) is 12.1 Å². The summed E-state index contributed by atoms with van der Waals surface area (Å²) in [5.74, 6) is -1.59. The van der Waals surface area contributed by atoms with Crippen molar-refractivity contribution < 1.29 is 28.2 Å². The summed E-state index contributed by atoms with van der Waals surface area (Å²) in [5, 5.41) is 18.0. The van der Waals surface area contributed by atoms with Crippen LogP contribution in [0.4, 0.5) is 13.2 Å². The summed E-state index contributed by atoms with van der Waals surface area (Å²) < 4.78 is 36.7. The number of aromatic hydroxyl groups is 1. The molecule has 0 bridgehead atoms. The van der Waals surface area contributed by atoms with Gasteiger partial charge in [-0.15, -0.1) is 0 Å². The van der Waals surface area contributed by atoms with E-state index in [4.69, 9.17) is 5.11 Å². The Hall–Kier alpha value is -1.83. The molecular formula is C10H11F3N2O3. The molecule has 2 N–H and O–H groups in total. The topological polar surface area (TPSA) is 73.7 Å². The molecule has 0 atom stereocenters. The molecule has 1 amide bonds. The number of amides is 1. The Morgan fingerprint density at radius 3 is 2.61 bits per heavy atom. The monoisotopic (exact) mass is 264 g/mol. The Labute approximate surface area is 100 Å². The molecule has 1 rings (SSSR count). The highest BCUT2D eigenvalue weighted by molar-refractivity contribution is 5.94. The van der Waals surface area contributed by atoms with E-state index in [1.54, 1.807) is 0 Å². The Kier molecular flexibility index (Phi) is 4.49. The summed E-state index contributed by atoms with van der Waals surface area (Å²) in [6, 6.07) is 2.48. The third kappa shape index (κ3) is 3.88. The number of carbonyl (C=O) groups is 1. The first-order valence-corrected chi connectivity index (χ1v) is 4.96. The largest absolute Gasteiger partial charge is 0.505 e. The van der Waals surface area contributed by atoms with Crippen molar-refractivity contribution in [2.24, 2.45) is 0 Å². The molecule has 0 aliphatic rings. The lowest BCUT2D eigenvalue weighted by atomic mass is 10.3. The van der Waals surface area contributed by atoms with Crippen LogP contribution in [0.15, 0.2) is 18.3 Å². The third-order valence-corrected chi connectivity index (χ3v) is 2.02. The van der Waals surface area contributed by atoms with Crippen molar-refractivity contribution in [3.05, 3.63) is 24.0 Å². The van der Waals surface area contributed by atoms with E-state index >= 15 is 0 Å². The van der Waals surface area contributed by atoms with Crippen LogP contribution in [0.5, 0.6) is 5.75 Å². The molecule has 8 heteroatoms. The molecular weight excluding hydrogens is 253 g/mol. The second kappa shape index (κ2) is 5.67. The number of aliphatic hydroxyl groups is 1. The quantitative estimate of drug-likeness (QED) is 0.843. The van der Waals surface area contributed by atoms with Crippen LogP contribution in [0.3, 0.4) is 0 Å². The van der Waals surface area contributed by atoms with Gasteiger partial charge in [-0.3, -0.25) is 4.79 Å².